The fourth-order valence-corrected chi connectivity index (χ4v) is 3.51. The fourth-order valence-electron chi connectivity index (χ4n) is 3.38. The van der Waals surface area contributed by atoms with Gasteiger partial charge >= 0.3 is 0 Å². The molecule has 1 aliphatic carbocycles. The first-order valence-electron chi connectivity index (χ1n) is 8.91. The summed E-state index contributed by atoms with van der Waals surface area (Å²) in [6.07, 6.45) is 4.35. The van der Waals surface area contributed by atoms with Crippen LogP contribution in [-0.4, -0.2) is 35.1 Å². The maximum atomic E-state index is 12.4. The average molecular weight is 360 g/mol. The van der Waals surface area contributed by atoms with Gasteiger partial charge in [-0.25, -0.2) is 0 Å². The second-order valence-electron chi connectivity index (χ2n) is 7.06. The van der Waals surface area contributed by atoms with Gasteiger partial charge in [0.2, 0.25) is 0 Å². The SMILES string of the molecule is O=C(N[C@H]1CCCN(Cc2ccc(Cl)cc2)C1)c1cc(C2CC2)on1. The third kappa shape index (κ3) is 4.22. The third-order valence-corrected chi connectivity index (χ3v) is 5.15. The lowest BCUT2D eigenvalue weighted by Gasteiger charge is -2.33. The Labute approximate surface area is 152 Å². The quantitative estimate of drug-likeness (QED) is 0.886. The van der Waals surface area contributed by atoms with Crippen LogP contribution in [0.25, 0.3) is 0 Å². The molecule has 5 nitrogen and oxygen atoms in total. The van der Waals surface area contributed by atoms with Crippen molar-refractivity contribution in [2.45, 2.75) is 44.2 Å². The highest BCUT2D eigenvalue weighted by atomic mass is 35.5. The number of piperidine rings is 1. The largest absolute Gasteiger partial charge is 0.360 e. The lowest BCUT2D eigenvalue weighted by molar-refractivity contribution is 0.0891. The topological polar surface area (TPSA) is 58.4 Å². The van der Waals surface area contributed by atoms with E-state index in [-0.39, 0.29) is 11.9 Å². The van der Waals surface area contributed by atoms with Gasteiger partial charge in [0.05, 0.1) is 0 Å². The Hall–Kier alpha value is -1.85. The number of hydrogen-bond acceptors (Lipinski definition) is 4. The zero-order chi connectivity index (χ0) is 17.2. The first-order chi connectivity index (χ1) is 12.2. The Kier molecular flexibility index (Phi) is 4.77. The molecular weight excluding hydrogens is 338 g/mol. The second-order valence-corrected chi connectivity index (χ2v) is 7.50. The summed E-state index contributed by atoms with van der Waals surface area (Å²) < 4.78 is 5.28. The van der Waals surface area contributed by atoms with Crippen molar-refractivity contribution in [3.8, 4) is 0 Å². The van der Waals surface area contributed by atoms with Crippen molar-refractivity contribution < 1.29 is 9.32 Å². The van der Waals surface area contributed by atoms with Crippen LogP contribution in [0.2, 0.25) is 5.02 Å². The maximum Gasteiger partial charge on any atom is 0.273 e. The van der Waals surface area contributed by atoms with Crippen molar-refractivity contribution in [2.75, 3.05) is 13.1 Å². The number of likely N-dealkylation sites (tertiary alicyclic amines) is 1. The maximum absolute atomic E-state index is 12.4. The first-order valence-corrected chi connectivity index (χ1v) is 9.29. The molecule has 2 aliphatic rings. The summed E-state index contributed by atoms with van der Waals surface area (Å²) >= 11 is 5.94. The highest BCUT2D eigenvalue weighted by molar-refractivity contribution is 6.30. The lowest BCUT2D eigenvalue weighted by Crippen LogP contribution is -2.47. The molecular formula is C19H22ClN3O2. The molecule has 0 radical (unpaired) electrons. The van der Waals surface area contributed by atoms with E-state index in [9.17, 15) is 4.79 Å². The van der Waals surface area contributed by atoms with E-state index in [4.69, 9.17) is 16.1 Å². The number of carbonyl (C=O) groups is 1. The van der Waals surface area contributed by atoms with Crippen molar-refractivity contribution >= 4 is 17.5 Å². The monoisotopic (exact) mass is 359 g/mol. The highest BCUT2D eigenvalue weighted by Crippen LogP contribution is 2.40. The third-order valence-electron chi connectivity index (χ3n) is 4.90. The Balaban J connectivity index is 1.32. The number of amides is 1. The molecule has 2 aromatic rings. The van der Waals surface area contributed by atoms with Crippen molar-refractivity contribution in [3.05, 3.63) is 52.4 Å². The van der Waals surface area contributed by atoms with Gasteiger partial charge in [0.25, 0.3) is 5.91 Å². The van der Waals surface area contributed by atoms with Gasteiger partial charge in [-0.2, -0.15) is 0 Å². The minimum absolute atomic E-state index is 0.131. The number of carbonyl (C=O) groups excluding carboxylic acids is 1. The molecule has 6 heteroatoms. The second kappa shape index (κ2) is 7.18. The molecule has 2 heterocycles. The summed E-state index contributed by atoms with van der Waals surface area (Å²) in [5, 5.41) is 7.79. The molecule has 132 valence electrons. The van der Waals surface area contributed by atoms with Crippen LogP contribution in [0.5, 0.6) is 0 Å². The summed E-state index contributed by atoms with van der Waals surface area (Å²) in [6, 6.07) is 9.89. The van der Waals surface area contributed by atoms with E-state index in [0.717, 1.165) is 56.1 Å². The van der Waals surface area contributed by atoms with E-state index in [1.807, 2.05) is 12.1 Å². The van der Waals surface area contributed by atoms with E-state index in [2.05, 4.69) is 27.5 Å². The van der Waals surface area contributed by atoms with Gasteiger partial charge in [0.15, 0.2) is 5.69 Å². The lowest BCUT2D eigenvalue weighted by atomic mass is 10.0. The first kappa shape index (κ1) is 16.6. The van der Waals surface area contributed by atoms with Gasteiger partial charge in [-0.15, -0.1) is 0 Å². The van der Waals surface area contributed by atoms with E-state index in [1.165, 1.54) is 5.56 Å². The van der Waals surface area contributed by atoms with Gasteiger partial charge < -0.3 is 9.84 Å². The highest BCUT2D eigenvalue weighted by Gasteiger charge is 2.29. The van der Waals surface area contributed by atoms with E-state index in [0.29, 0.717) is 11.6 Å². The summed E-state index contributed by atoms with van der Waals surface area (Å²) in [7, 11) is 0. The fraction of sp³-hybridized carbons (Fsp3) is 0.474. The Morgan fingerprint density at radius 2 is 2.08 bits per heavy atom. The van der Waals surface area contributed by atoms with Crippen molar-refractivity contribution in [3.63, 3.8) is 0 Å². The van der Waals surface area contributed by atoms with Crippen LogP contribution in [0.15, 0.2) is 34.9 Å². The molecule has 1 saturated carbocycles. The molecule has 1 N–H and O–H groups in total. The van der Waals surface area contributed by atoms with Crippen LogP contribution < -0.4 is 5.32 Å². The smallest absolute Gasteiger partial charge is 0.273 e. The molecule has 1 aromatic heterocycles. The van der Waals surface area contributed by atoms with Gasteiger partial charge in [0.1, 0.15) is 5.76 Å². The number of rotatable bonds is 5. The summed E-state index contributed by atoms with van der Waals surface area (Å²) in [5.41, 5.74) is 1.64. The van der Waals surface area contributed by atoms with Crippen LogP contribution in [0, 0.1) is 0 Å². The van der Waals surface area contributed by atoms with Gasteiger partial charge in [-0.05, 0) is 49.9 Å². The summed E-state index contributed by atoms with van der Waals surface area (Å²) in [5.74, 6) is 1.19. The van der Waals surface area contributed by atoms with E-state index in [1.54, 1.807) is 6.07 Å². The number of benzene rings is 1. The number of nitrogens with zero attached hydrogens (tertiary/aromatic N) is 2. The summed E-state index contributed by atoms with van der Waals surface area (Å²) in [6.45, 7) is 2.77. The molecule has 1 aromatic carbocycles. The molecule has 2 fully saturated rings. The Morgan fingerprint density at radius 3 is 2.84 bits per heavy atom. The predicted octanol–water partition coefficient (Wildman–Crippen LogP) is 3.60. The van der Waals surface area contributed by atoms with Gasteiger partial charge in [0, 0.05) is 36.1 Å². The average Bonchev–Trinajstić information content (AvgIpc) is 3.34. The minimum atomic E-state index is -0.131. The zero-order valence-electron chi connectivity index (χ0n) is 14.1. The van der Waals surface area contributed by atoms with E-state index < -0.39 is 0 Å². The molecule has 1 aliphatic heterocycles. The molecule has 0 unspecified atom stereocenters. The number of nitrogens with one attached hydrogen (secondary N) is 1. The molecule has 1 amide bonds. The van der Waals surface area contributed by atoms with Crippen LogP contribution in [-0.2, 0) is 6.54 Å². The molecule has 0 bridgehead atoms. The molecule has 1 atom stereocenters. The predicted molar refractivity (Wildman–Crippen MR) is 95.7 cm³/mol. The Morgan fingerprint density at radius 1 is 1.28 bits per heavy atom. The zero-order valence-corrected chi connectivity index (χ0v) is 14.8. The number of hydrogen-bond donors (Lipinski definition) is 1. The number of aromatic nitrogens is 1. The summed E-state index contributed by atoms with van der Waals surface area (Å²) in [4.78, 5) is 14.8. The van der Waals surface area contributed by atoms with Crippen molar-refractivity contribution in [1.29, 1.82) is 0 Å². The van der Waals surface area contributed by atoms with Crippen LogP contribution >= 0.6 is 11.6 Å². The minimum Gasteiger partial charge on any atom is -0.360 e. The number of halogens is 1. The molecule has 25 heavy (non-hydrogen) atoms. The van der Waals surface area contributed by atoms with Crippen LogP contribution in [0.1, 0.15) is 53.4 Å². The van der Waals surface area contributed by atoms with Gasteiger partial charge in [-0.3, -0.25) is 9.69 Å². The molecule has 4 rings (SSSR count). The Bertz CT molecular complexity index is 739. The molecule has 1 saturated heterocycles. The molecule has 0 spiro atoms. The van der Waals surface area contributed by atoms with E-state index >= 15 is 0 Å². The van der Waals surface area contributed by atoms with Crippen LogP contribution in [0.4, 0.5) is 0 Å². The normalized spacial score (nSPS) is 21.2. The van der Waals surface area contributed by atoms with Crippen molar-refractivity contribution in [2.24, 2.45) is 0 Å². The van der Waals surface area contributed by atoms with Crippen LogP contribution in [0.3, 0.4) is 0 Å². The van der Waals surface area contributed by atoms with Gasteiger partial charge in [-0.1, -0.05) is 28.9 Å². The standard InChI is InChI=1S/C19H22ClN3O2/c20-15-7-3-13(4-8-15)11-23-9-1-2-16(12-23)21-19(24)17-10-18(25-22-17)14-5-6-14/h3-4,7-8,10,14,16H,1-2,5-6,9,11-12H2,(H,21,24)/t16-/m0/s1. The van der Waals surface area contributed by atoms with Crippen molar-refractivity contribution in [1.82, 2.24) is 15.4 Å².